The highest BCUT2D eigenvalue weighted by Gasteiger charge is 2.04. The summed E-state index contributed by atoms with van der Waals surface area (Å²) in [6.07, 6.45) is 4.84. The fourth-order valence-electron chi connectivity index (χ4n) is 2.41. The molecular formula is C21H25NO5. The number of carboxylic acid groups (broad SMARTS) is 2. The number of nitrogens with zero attached hydrogens (tertiary/aromatic N) is 1. The lowest BCUT2D eigenvalue weighted by Crippen LogP contribution is -2.26. The largest absolute Gasteiger partial charge is 0.493 e. The molecule has 27 heavy (non-hydrogen) atoms. The molecule has 0 aliphatic heterocycles. The van der Waals surface area contributed by atoms with E-state index in [1.54, 1.807) is 0 Å². The molecule has 0 bridgehead atoms. The summed E-state index contributed by atoms with van der Waals surface area (Å²) in [6, 6.07) is 14.5. The number of carboxylic acids is 2. The number of aliphatic carboxylic acids is 2. The van der Waals surface area contributed by atoms with Gasteiger partial charge in [0, 0.05) is 25.0 Å². The number of hydrogen-bond acceptors (Lipinski definition) is 4. The van der Waals surface area contributed by atoms with E-state index in [4.69, 9.17) is 24.5 Å². The van der Waals surface area contributed by atoms with E-state index in [-0.39, 0.29) is 0 Å². The first kappa shape index (κ1) is 21.9. The molecule has 0 heterocycles. The number of rotatable bonds is 9. The predicted octanol–water partition coefficient (Wildman–Crippen LogP) is 3.44. The summed E-state index contributed by atoms with van der Waals surface area (Å²) in [5.41, 5.74) is 0. The third kappa shape index (κ3) is 8.20. The normalized spacial score (nSPS) is 9.96. The van der Waals surface area contributed by atoms with Crippen LogP contribution < -0.4 is 4.74 Å². The van der Waals surface area contributed by atoms with Crippen LogP contribution in [0.25, 0.3) is 10.8 Å². The van der Waals surface area contributed by atoms with Crippen molar-refractivity contribution in [1.82, 2.24) is 4.90 Å². The van der Waals surface area contributed by atoms with E-state index in [1.807, 2.05) is 30.4 Å². The van der Waals surface area contributed by atoms with Crippen molar-refractivity contribution in [3.8, 4) is 5.75 Å². The molecule has 0 radical (unpaired) electrons. The van der Waals surface area contributed by atoms with Crippen LogP contribution in [0.4, 0.5) is 0 Å². The van der Waals surface area contributed by atoms with Crippen molar-refractivity contribution < 1.29 is 24.5 Å². The maximum Gasteiger partial charge on any atom is 0.414 e. The van der Waals surface area contributed by atoms with Gasteiger partial charge in [-0.2, -0.15) is 0 Å². The summed E-state index contributed by atoms with van der Waals surface area (Å²) in [5.74, 6) is -2.68. The minimum atomic E-state index is -1.82. The van der Waals surface area contributed by atoms with Gasteiger partial charge < -0.3 is 14.9 Å². The summed E-state index contributed by atoms with van der Waals surface area (Å²) in [7, 11) is 0. The van der Waals surface area contributed by atoms with Gasteiger partial charge in [-0.25, -0.2) is 9.59 Å². The van der Waals surface area contributed by atoms with E-state index in [9.17, 15) is 0 Å². The van der Waals surface area contributed by atoms with E-state index in [0.29, 0.717) is 0 Å². The molecule has 0 saturated heterocycles. The quantitative estimate of drug-likeness (QED) is 0.399. The Balaban J connectivity index is 0.000000527. The molecule has 0 amide bonds. The first-order chi connectivity index (χ1) is 13.0. The second-order valence-corrected chi connectivity index (χ2v) is 5.63. The second kappa shape index (κ2) is 12.3. The van der Waals surface area contributed by atoms with E-state index in [1.165, 1.54) is 10.8 Å². The molecule has 6 nitrogen and oxygen atoms in total. The van der Waals surface area contributed by atoms with Gasteiger partial charge in [-0.1, -0.05) is 48.6 Å². The van der Waals surface area contributed by atoms with Crippen LogP contribution in [0.5, 0.6) is 5.75 Å². The lowest BCUT2D eigenvalue weighted by molar-refractivity contribution is -0.159. The SMILES string of the molecule is C=CCN(CC=C)CCCOc1cccc2ccccc12.O=C(O)C(=O)O. The maximum absolute atomic E-state index is 9.10. The highest BCUT2D eigenvalue weighted by molar-refractivity contribution is 6.27. The Hall–Kier alpha value is -3.12. The van der Waals surface area contributed by atoms with Crippen LogP contribution in [0.3, 0.4) is 0 Å². The standard InChI is InChI=1S/C19H23NO.C2H2O4/c1-3-13-20(14-4-2)15-8-16-21-19-12-7-10-17-9-5-6-11-18(17)19;3-1(4)2(5)6/h3-7,9-12H,1-2,8,13-16H2;(H,3,4)(H,5,6). The molecule has 2 rings (SSSR count). The molecule has 2 N–H and O–H groups in total. The molecule has 0 aromatic heterocycles. The van der Waals surface area contributed by atoms with Crippen LogP contribution in [-0.4, -0.2) is 53.3 Å². The average Bonchev–Trinajstić information content (AvgIpc) is 2.66. The van der Waals surface area contributed by atoms with Gasteiger partial charge >= 0.3 is 11.9 Å². The van der Waals surface area contributed by atoms with Gasteiger partial charge in [-0.3, -0.25) is 4.90 Å². The summed E-state index contributed by atoms with van der Waals surface area (Å²) in [6.45, 7) is 11.1. The predicted molar refractivity (Wildman–Crippen MR) is 106 cm³/mol. The van der Waals surface area contributed by atoms with Gasteiger partial charge in [0.2, 0.25) is 0 Å². The van der Waals surface area contributed by atoms with Gasteiger partial charge in [0.15, 0.2) is 0 Å². The van der Waals surface area contributed by atoms with Crippen molar-refractivity contribution in [1.29, 1.82) is 0 Å². The summed E-state index contributed by atoms with van der Waals surface area (Å²) < 4.78 is 5.95. The Kier molecular flexibility index (Phi) is 9.96. The molecule has 2 aromatic carbocycles. The molecular weight excluding hydrogens is 346 g/mol. The monoisotopic (exact) mass is 371 g/mol. The molecule has 0 saturated carbocycles. The molecule has 0 aliphatic rings. The molecule has 144 valence electrons. The average molecular weight is 371 g/mol. The highest BCUT2D eigenvalue weighted by Crippen LogP contribution is 2.25. The Morgan fingerprint density at radius 1 is 0.963 bits per heavy atom. The fourth-order valence-corrected chi connectivity index (χ4v) is 2.41. The fraction of sp³-hybridized carbons (Fsp3) is 0.238. The van der Waals surface area contributed by atoms with E-state index < -0.39 is 11.9 Å². The van der Waals surface area contributed by atoms with Crippen LogP contribution in [0.1, 0.15) is 6.42 Å². The Morgan fingerprint density at radius 3 is 2.15 bits per heavy atom. The van der Waals surface area contributed by atoms with Crippen molar-refractivity contribution in [2.45, 2.75) is 6.42 Å². The topological polar surface area (TPSA) is 87.1 Å². The van der Waals surface area contributed by atoms with Crippen molar-refractivity contribution in [3.63, 3.8) is 0 Å². The smallest absolute Gasteiger partial charge is 0.414 e. The Bertz CT molecular complexity index is 745. The van der Waals surface area contributed by atoms with Gasteiger partial charge in [0.05, 0.1) is 6.61 Å². The second-order valence-electron chi connectivity index (χ2n) is 5.63. The van der Waals surface area contributed by atoms with Crippen LogP contribution in [0.15, 0.2) is 67.8 Å². The van der Waals surface area contributed by atoms with Crippen molar-refractivity contribution in [2.24, 2.45) is 0 Å². The van der Waals surface area contributed by atoms with Crippen molar-refractivity contribution in [3.05, 3.63) is 67.8 Å². The molecule has 6 heteroatoms. The number of hydrogen-bond donors (Lipinski definition) is 2. The zero-order valence-electron chi connectivity index (χ0n) is 15.2. The summed E-state index contributed by atoms with van der Waals surface area (Å²) >= 11 is 0. The van der Waals surface area contributed by atoms with Crippen molar-refractivity contribution >= 4 is 22.7 Å². The van der Waals surface area contributed by atoms with E-state index in [0.717, 1.165) is 38.4 Å². The number of fused-ring (bicyclic) bond motifs is 1. The zero-order valence-corrected chi connectivity index (χ0v) is 15.2. The van der Waals surface area contributed by atoms with Crippen LogP contribution in [-0.2, 0) is 9.59 Å². The first-order valence-electron chi connectivity index (χ1n) is 8.50. The minimum Gasteiger partial charge on any atom is -0.493 e. The first-order valence-corrected chi connectivity index (χ1v) is 8.50. The van der Waals surface area contributed by atoms with Gasteiger partial charge in [0.25, 0.3) is 0 Å². The molecule has 2 aromatic rings. The lowest BCUT2D eigenvalue weighted by atomic mass is 10.1. The summed E-state index contributed by atoms with van der Waals surface area (Å²) in [5, 5.41) is 17.2. The third-order valence-corrected chi connectivity index (χ3v) is 3.58. The number of carbonyl (C=O) groups is 2. The Labute approximate surface area is 159 Å². The van der Waals surface area contributed by atoms with E-state index >= 15 is 0 Å². The van der Waals surface area contributed by atoms with Crippen LogP contribution >= 0.6 is 0 Å². The molecule has 0 unspecified atom stereocenters. The third-order valence-electron chi connectivity index (χ3n) is 3.58. The zero-order chi connectivity index (χ0) is 20.1. The maximum atomic E-state index is 9.10. The molecule has 0 atom stereocenters. The van der Waals surface area contributed by atoms with Crippen LogP contribution in [0.2, 0.25) is 0 Å². The Morgan fingerprint density at radius 2 is 1.56 bits per heavy atom. The minimum absolute atomic E-state index is 0.721. The van der Waals surface area contributed by atoms with Gasteiger partial charge in [-0.15, -0.1) is 13.2 Å². The molecule has 0 spiro atoms. The van der Waals surface area contributed by atoms with Crippen molar-refractivity contribution in [2.75, 3.05) is 26.2 Å². The lowest BCUT2D eigenvalue weighted by Gasteiger charge is -2.18. The van der Waals surface area contributed by atoms with Crippen LogP contribution in [0, 0.1) is 0 Å². The molecule has 0 aliphatic carbocycles. The van der Waals surface area contributed by atoms with E-state index in [2.05, 4.69) is 42.3 Å². The van der Waals surface area contributed by atoms with Gasteiger partial charge in [-0.05, 0) is 17.9 Å². The number of ether oxygens (including phenoxy) is 1. The molecule has 0 fully saturated rings. The highest BCUT2D eigenvalue weighted by atomic mass is 16.5. The van der Waals surface area contributed by atoms with Gasteiger partial charge in [0.1, 0.15) is 5.75 Å². The summed E-state index contributed by atoms with van der Waals surface area (Å²) in [4.78, 5) is 20.5. The number of benzene rings is 2.